The first-order valence-corrected chi connectivity index (χ1v) is 11.3. The monoisotopic (exact) mass is 432 g/mol. The minimum atomic E-state index is -3.84. The molecule has 0 aromatic heterocycles. The number of methoxy groups -OCH3 is 1. The Bertz CT molecular complexity index is 1020. The fourth-order valence-corrected chi connectivity index (χ4v) is 5.33. The number of rotatable bonds is 6. The Balaban J connectivity index is 1.47. The Morgan fingerprint density at radius 1 is 1.13 bits per heavy atom. The Hall–Kier alpha value is -2.78. The largest absolute Gasteiger partial charge is 0.497 e. The highest BCUT2D eigenvalue weighted by Crippen LogP contribution is 2.34. The molecule has 2 aliphatic rings. The first-order valence-electron chi connectivity index (χ1n) is 9.81. The molecule has 1 N–H and O–H groups in total. The maximum atomic E-state index is 13.2. The lowest BCUT2D eigenvalue weighted by Crippen LogP contribution is -2.45. The number of amides is 1. The van der Waals surface area contributed by atoms with Crippen LogP contribution in [0, 0.1) is 0 Å². The van der Waals surface area contributed by atoms with Gasteiger partial charge in [-0.1, -0.05) is 12.1 Å². The molecule has 1 unspecified atom stereocenters. The van der Waals surface area contributed by atoms with Gasteiger partial charge in [0.1, 0.15) is 25.0 Å². The molecule has 0 saturated carbocycles. The van der Waals surface area contributed by atoms with Crippen molar-refractivity contribution in [2.75, 3.05) is 26.9 Å². The van der Waals surface area contributed by atoms with E-state index in [2.05, 4.69) is 5.32 Å². The third kappa shape index (κ3) is 4.08. The van der Waals surface area contributed by atoms with Crippen molar-refractivity contribution in [1.82, 2.24) is 9.62 Å². The highest BCUT2D eigenvalue weighted by atomic mass is 32.2. The first kappa shape index (κ1) is 20.5. The summed E-state index contributed by atoms with van der Waals surface area (Å²) in [4.78, 5) is 12.9. The summed E-state index contributed by atoms with van der Waals surface area (Å²) in [5.41, 5.74) is 0.906. The summed E-state index contributed by atoms with van der Waals surface area (Å²) in [6.07, 6.45) is 1.11. The first-order chi connectivity index (χ1) is 14.5. The summed E-state index contributed by atoms with van der Waals surface area (Å²) in [6, 6.07) is 11.2. The predicted octanol–water partition coefficient (Wildman–Crippen LogP) is 1.94. The molecule has 8 nitrogen and oxygen atoms in total. The average molecular weight is 432 g/mol. The summed E-state index contributed by atoms with van der Waals surface area (Å²) in [7, 11) is -2.25. The molecule has 2 heterocycles. The molecule has 2 aliphatic heterocycles. The molecule has 0 radical (unpaired) electrons. The molecule has 2 aromatic carbocycles. The molecule has 1 amide bonds. The topological polar surface area (TPSA) is 94.2 Å². The van der Waals surface area contributed by atoms with E-state index >= 15 is 0 Å². The molecule has 0 aliphatic carbocycles. The van der Waals surface area contributed by atoms with Crippen LogP contribution in [0.2, 0.25) is 0 Å². The Labute approximate surface area is 175 Å². The van der Waals surface area contributed by atoms with Crippen molar-refractivity contribution in [3.05, 3.63) is 48.0 Å². The number of hydrogen-bond donors (Lipinski definition) is 1. The lowest BCUT2D eigenvalue weighted by atomic mass is 10.2. The van der Waals surface area contributed by atoms with Crippen molar-refractivity contribution in [1.29, 1.82) is 0 Å². The zero-order valence-electron chi connectivity index (χ0n) is 16.7. The van der Waals surface area contributed by atoms with Crippen molar-refractivity contribution in [2.45, 2.75) is 30.3 Å². The number of carbonyl (C=O) groups excluding carboxylic acids is 1. The summed E-state index contributed by atoms with van der Waals surface area (Å²) in [5, 5.41) is 2.85. The van der Waals surface area contributed by atoms with Crippen LogP contribution in [0.5, 0.6) is 17.2 Å². The Morgan fingerprint density at radius 2 is 1.87 bits per heavy atom. The highest BCUT2D eigenvalue weighted by molar-refractivity contribution is 7.89. The molecule has 30 heavy (non-hydrogen) atoms. The normalized spacial score (nSPS) is 18.8. The van der Waals surface area contributed by atoms with Gasteiger partial charge in [-0.05, 0) is 42.7 Å². The number of hydrogen-bond acceptors (Lipinski definition) is 6. The third-order valence-corrected chi connectivity index (χ3v) is 7.16. The maximum absolute atomic E-state index is 13.2. The number of benzene rings is 2. The maximum Gasteiger partial charge on any atom is 0.243 e. The van der Waals surface area contributed by atoms with Gasteiger partial charge in [0.05, 0.1) is 12.0 Å². The van der Waals surface area contributed by atoms with Gasteiger partial charge >= 0.3 is 0 Å². The lowest BCUT2D eigenvalue weighted by molar-refractivity contribution is -0.124. The van der Waals surface area contributed by atoms with Crippen molar-refractivity contribution >= 4 is 15.9 Å². The molecule has 0 spiro atoms. The Morgan fingerprint density at radius 3 is 2.60 bits per heavy atom. The summed E-state index contributed by atoms with van der Waals surface area (Å²) >= 11 is 0. The lowest BCUT2D eigenvalue weighted by Gasteiger charge is -2.24. The van der Waals surface area contributed by atoms with Crippen LogP contribution >= 0.6 is 0 Å². The molecular formula is C21H24N2O6S. The van der Waals surface area contributed by atoms with Crippen LogP contribution in [0.15, 0.2) is 47.4 Å². The summed E-state index contributed by atoms with van der Waals surface area (Å²) in [6.45, 7) is 1.42. The standard InChI is InChI=1S/C21H24N2O6S/c1-27-16-6-4-15(5-7-16)14-22-21(24)18-3-2-10-23(18)30(25,26)17-8-9-19-20(13-17)29-12-11-28-19/h4-9,13,18H,2-3,10-12,14H2,1H3,(H,22,24). The van der Waals surface area contributed by atoms with Crippen molar-refractivity contribution in [2.24, 2.45) is 0 Å². The van der Waals surface area contributed by atoms with Gasteiger partial charge in [0.15, 0.2) is 11.5 Å². The minimum absolute atomic E-state index is 0.0987. The van der Waals surface area contributed by atoms with Crippen molar-refractivity contribution < 1.29 is 27.4 Å². The molecule has 160 valence electrons. The molecule has 1 saturated heterocycles. The van der Waals surface area contributed by atoms with E-state index < -0.39 is 16.1 Å². The smallest absolute Gasteiger partial charge is 0.243 e. The van der Waals surface area contributed by atoms with Gasteiger partial charge < -0.3 is 19.5 Å². The van der Waals surface area contributed by atoms with Crippen molar-refractivity contribution in [3.8, 4) is 17.2 Å². The van der Waals surface area contributed by atoms with Gasteiger partial charge in [0.25, 0.3) is 0 Å². The van der Waals surface area contributed by atoms with Crippen LogP contribution in [-0.2, 0) is 21.4 Å². The van der Waals surface area contributed by atoms with Gasteiger partial charge in [0.2, 0.25) is 15.9 Å². The molecule has 1 atom stereocenters. The number of ether oxygens (including phenoxy) is 3. The van der Waals surface area contributed by atoms with Gasteiger partial charge in [-0.15, -0.1) is 0 Å². The van der Waals surface area contributed by atoms with E-state index in [0.717, 1.165) is 11.3 Å². The van der Waals surface area contributed by atoms with Gasteiger partial charge in [0, 0.05) is 19.2 Å². The van der Waals surface area contributed by atoms with E-state index in [-0.39, 0.29) is 10.8 Å². The van der Waals surface area contributed by atoms with E-state index in [1.54, 1.807) is 13.2 Å². The SMILES string of the molecule is COc1ccc(CNC(=O)C2CCCN2S(=O)(=O)c2ccc3c(c2)OCCO3)cc1. The van der Waals surface area contributed by atoms with Crippen LogP contribution in [-0.4, -0.2) is 51.5 Å². The molecule has 9 heteroatoms. The molecule has 0 bridgehead atoms. The van der Waals surface area contributed by atoms with Crippen LogP contribution in [0.1, 0.15) is 18.4 Å². The van der Waals surface area contributed by atoms with Crippen LogP contribution in [0.3, 0.4) is 0 Å². The van der Waals surface area contributed by atoms with Crippen LogP contribution in [0.4, 0.5) is 0 Å². The quantitative estimate of drug-likeness (QED) is 0.750. The van der Waals surface area contributed by atoms with Crippen LogP contribution in [0.25, 0.3) is 0 Å². The van der Waals surface area contributed by atoms with E-state index in [9.17, 15) is 13.2 Å². The zero-order valence-corrected chi connectivity index (χ0v) is 17.5. The van der Waals surface area contributed by atoms with E-state index in [1.165, 1.54) is 16.4 Å². The number of fused-ring (bicyclic) bond motifs is 1. The van der Waals surface area contributed by atoms with E-state index in [4.69, 9.17) is 14.2 Å². The van der Waals surface area contributed by atoms with Crippen molar-refractivity contribution in [3.63, 3.8) is 0 Å². The van der Waals surface area contributed by atoms with E-state index in [0.29, 0.717) is 50.6 Å². The summed E-state index contributed by atoms with van der Waals surface area (Å²) < 4.78 is 43.8. The van der Waals surface area contributed by atoms with Gasteiger partial charge in [-0.2, -0.15) is 4.31 Å². The molecular weight excluding hydrogens is 408 g/mol. The number of sulfonamides is 1. The average Bonchev–Trinajstić information content (AvgIpc) is 3.28. The third-order valence-electron chi connectivity index (χ3n) is 5.25. The second kappa shape index (κ2) is 8.53. The summed E-state index contributed by atoms with van der Waals surface area (Å²) in [5.74, 6) is 1.36. The number of nitrogens with zero attached hydrogens (tertiary/aromatic N) is 1. The fourth-order valence-electron chi connectivity index (χ4n) is 3.66. The molecule has 2 aromatic rings. The van der Waals surface area contributed by atoms with Gasteiger partial charge in [-0.25, -0.2) is 8.42 Å². The number of nitrogens with one attached hydrogen (secondary N) is 1. The number of carbonyl (C=O) groups is 1. The predicted molar refractivity (Wildman–Crippen MR) is 109 cm³/mol. The fraction of sp³-hybridized carbons (Fsp3) is 0.381. The second-order valence-corrected chi connectivity index (χ2v) is 9.04. The Kier molecular flexibility index (Phi) is 5.83. The van der Waals surface area contributed by atoms with E-state index in [1.807, 2.05) is 24.3 Å². The van der Waals surface area contributed by atoms with Crippen LogP contribution < -0.4 is 19.5 Å². The van der Waals surface area contributed by atoms with Gasteiger partial charge in [-0.3, -0.25) is 4.79 Å². The highest BCUT2D eigenvalue weighted by Gasteiger charge is 2.39. The minimum Gasteiger partial charge on any atom is -0.497 e. The molecule has 4 rings (SSSR count). The zero-order chi connectivity index (χ0) is 21.1. The second-order valence-electron chi connectivity index (χ2n) is 7.15. The molecule has 1 fully saturated rings.